The molecule has 0 atom stereocenters. The number of nitrogens with zero attached hydrogens (tertiary/aromatic N) is 2. The monoisotopic (exact) mass is 320 g/mol. The van der Waals surface area contributed by atoms with Crippen LogP contribution in [-0.2, 0) is 4.57 Å². The minimum atomic E-state index is -3.87. The minimum absolute atomic E-state index is 0.0772. The Hall–Kier alpha value is -1.03. The molecule has 0 aliphatic heterocycles. The quantitative estimate of drug-likeness (QED) is 0.788. The summed E-state index contributed by atoms with van der Waals surface area (Å²) >= 11 is 11.2. The van der Waals surface area contributed by atoms with E-state index in [1.54, 1.807) is 0 Å². The zero-order valence-corrected chi connectivity index (χ0v) is 12.9. The second-order valence-electron chi connectivity index (χ2n) is 4.29. The van der Waals surface area contributed by atoms with Gasteiger partial charge in [0.15, 0.2) is 5.82 Å². The van der Waals surface area contributed by atoms with Crippen LogP contribution in [0.15, 0.2) is 21.5 Å². The summed E-state index contributed by atoms with van der Waals surface area (Å²) in [5.74, 6) is -4.73. The third kappa shape index (κ3) is 2.64. The van der Waals surface area contributed by atoms with Gasteiger partial charge in [0, 0.05) is 5.56 Å². The first-order chi connectivity index (χ1) is 8.71. The zero-order chi connectivity index (χ0) is 14.4. The fraction of sp³-hybridized carbons (Fsp3) is 0.273. The summed E-state index contributed by atoms with van der Waals surface area (Å²) in [5.41, 5.74) is 3.43. The highest BCUT2D eigenvalue weighted by molar-refractivity contribution is 8.07. The standard InChI is InChI=1S/C11H11Cl2N2O3P/c1-6-4-7(2)9(8(3)5-6)10-14-18-11(16)15(10)19(12,13)17/h4-5H,1-3H3. The van der Waals surface area contributed by atoms with E-state index in [1.165, 1.54) is 0 Å². The summed E-state index contributed by atoms with van der Waals surface area (Å²) in [7, 11) is 0. The predicted molar refractivity (Wildman–Crippen MR) is 75.1 cm³/mol. The van der Waals surface area contributed by atoms with Gasteiger partial charge in [-0.05, 0) is 54.4 Å². The van der Waals surface area contributed by atoms with Crippen LogP contribution in [-0.4, -0.2) is 9.49 Å². The van der Waals surface area contributed by atoms with Crippen molar-refractivity contribution in [2.75, 3.05) is 0 Å². The number of rotatable bonds is 2. The lowest BCUT2D eigenvalue weighted by molar-refractivity contribution is 0.385. The molecule has 2 aromatic rings. The molecule has 0 bridgehead atoms. The van der Waals surface area contributed by atoms with Crippen molar-refractivity contribution in [3.63, 3.8) is 0 Å². The average molecular weight is 321 g/mol. The summed E-state index contributed by atoms with van der Waals surface area (Å²) in [6.07, 6.45) is 0. The van der Waals surface area contributed by atoms with E-state index in [4.69, 9.17) is 22.5 Å². The fourth-order valence-corrected chi connectivity index (χ4v) is 3.52. The van der Waals surface area contributed by atoms with E-state index < -0.39 is 11.8 Å². The van der Waals surface area contributed by atoms with Crippen molar-refractivity contribution in [1.29, 1.82) is 0 Å². The van der Waals surface area contributed by atoms with Gasteiger partial charge in [0.25, 0.3) is 0 Å². The molecular formula is C11H11Cl2N2O3P. The molecule has 0 fully saturated rings. The van der Waals surface area contributed by atoms with Crippen LogP contribution in [0.4, 0.5) is 0 Å². The molecule has 0 aliphatic carbocycles. The molecule has 0 N–H and O–H groups in total. The number of halogens is 2. The number of hydrogen-bond acceptors (Lipinski definition) is 4. The van der Waals surface area contributed by atoms with Crippen LogP contribution in [0.5, 0.6) is 0 Å². The van der Waals surface area contributed by atoms with Crippen LogP contribution < -0.4 is 5.76 Å². The predicted octanol–water partition coefficient (Wildman–Crippen LogP) is 3.86. The smallest absolute Gasteiger partial charge is 0.295 e. The van der Waals surface area contributed by atoms with Crippen molar-refractivity contribution in [2.45, 2.75) is 20.8 Å². The second kappa shape index (κ2) is 4.82. The normalized spacial score (nSPS) is 11.8. The SMILES string of the molecule is Cc1cc(C)c(-c2noc(=O)n2P(=O)(Cl)Cl)c(C)c1. The van der Waals surface area contributed by atoms with Crippen LogP contribution in [0, 0.1) is 20.8 Å². The molecule has 102 valence electrons. The van der Waals surface area contributed by atoms with Gasteiger partial charge in [-0.3, -0.25) is 9.09 Å². The Kier molecular flexibility index (Phi) is 3.65. The van der Waals surface area contributed by atoms with Gasteiger partial charge in [-0.15, -0.1) is 0 Å². The maximum atomic E-state index is 11.8. The molecule has 1 aromatic carbocycles. The lowest BCUT2D eigenvalue weighted by atomic mass is 9.99. The van der Waals surface area contributed by atoms with Gasteiger partial charge in [-0.2, -0.15) is 4.34 Å². The molecule has 0 spiro atoms. The Morgan fingerprint density at radius 2 is 1.74 bits per heavy atom. The van der Waals surface area contributed by atoms with Crippen LogP contribution in [0.1, 0.15) is 16.7 Å². The van der Waals surface area contributed by atoms with Crippen LogP contribution in [0.3, 0.4) is 0 Å². The van der Waals surface area contributed by atoms with Gasteiger partial charge >= 0.3 is 11.8 Å². The van der Waals surface area contributed by atoms with Crippen LogP contribution >= 0.6 is 28.5 Å². The maximum Gasteiger partial charge on any atom is 0.449 e. The van der Waals surface area contributed by atoms with Crippen LogP contribution in [0.25, 0.3) is 11.4 Å². The van der Waals surface area contributed by atoms with E-state index >= 15 is 0 Å². The molecule has 1 heterocycles. The molecule has 0 unspecified atom stereocenters. The summed E-state index contributed by atoms with van der Waals surface area (Å²) in [4.78, 5) is 11.5. The van der Waals surface area contributed by atoms with Gasteiger partial charge in [0.1, 0.15) is 0 Å². The van der Waals surface area contributed by atoms with E-state index in [1.807, 2.05) is 32.9 Å². The molecule has 5 nitrogen and oxygen atoms in total. The average Bonchev–Trinajstić information content (AvgIpc) is 2.57. The second-order valence-corrected chi connectivity index (χ2v) is 8.83. The molecule has 8 heteroatoms. The Bertz CT molecular complexity index is 722. The Labute approximate surface area is 119 Å². The van der Waals surface area contributed by atoms with E-state index in [2.05, 4.69) is 9.68 Å². The first-order valence-corrected chi connectivity index (χ1v) is 8.86. The first-order valence-electron chi connectivity index (χ1n) is 5.39. The summed E-state index contributed by atoms with van der Waals surface area (Å²) in [6, 6.07) is 3.83. The lowest BCUT2D eigenvalue weighted by Gasteiger charge is -2.11. The fourth-order valence-electron chi connectivity index (χ4n) is 2.14. The van der Waals surface area contributed by atoms with E-state index in [0.717, 1.165) is 16.7 Å². The first kappa shape index (κ1) is 14.4. The Morgan fingerprint density at radius 3 is 2.21 bits per heavy atom. The number of aryl methyl sites for hydroxylation is 3. The summed E-state index contributed by atoms with van der Waals surface area (Å²) in [5, 5.41) is 3.64. The van der Waals surface area contributed by atoms with Crippen molar-refractivity contribution < 1.29 is 9.09 Å². The molecular weight excluding hydrogens is 310 g/mol. The molecule has 0 saturated carbocycles. The van der Waals surface area contributed by atoms with E-state index in [9.17, 15) is 9.36 Å². The zero-order valence-electron chi connectivity index (χ0n) is 10.5. The number of hydrogen-bond donors (Lipinski definition) is 0. The molecule has 2 rings (SSSR count). The van der Waals surface area contributed by atoms with Crippen molar-refractivity contribution >= 4 is 28.5 Å². The van der Waals surface area contributed by atoms with Gasteiger partial charge in [0.2, 0.25) is 0 Å². The summed E-state index contributed by atoms with van der Waals surface area (Å²) in [6.45, 7) is 5.66. The van der Waals surface area contributed by atoms with E-state index in [-0.39, 0.29) is 5.82 Å². The van der Waals surface area contributed by atoms with Crippen molar-refractivity contribution in [2.24, 2.45) is 0 Å². The van der Waals surface area contributed by atoms with Gasteiger partial charge in [-0.25, -0.2) is 4.79 Å². The van der Waals surface area contributed by atoms with Crippen molar-refractivity contribution in [3.8, 4) is 11.4 Å². The molecule has 0 amide bonds. The number of aromatic nitrogens is 2. The topological polar surface area (TPSA) is 65.1 Å². The largest absolute Gasteiger partial charge is 0.449 e. The molecule has 0 radical (unpaired) electrons. The summed E-state index contributed by atoms with van der Waals surface area (Å²) < 4.78 is 17.0. The van der Waals surface area contributed by atoms with E-state index in [0.29, 0.717) is 9.90 Å². The van der Waals surface area contributed by atoms with Crippen LogP contribution in [0.2, 0.25) is 0 Å². The van der Waals surface area contributed by atoms with Gasteiger partial charge < -0.3 is 0 Å². The third-order valence-corrected chi connectivity index (χ3v) is 4.44. The molecule has 0 aliphatic rings. The third-order valence-electron chi connectivity index (χ3n) is 2.72. The molecule has 0 saturated heterocycles. The van der Waals surface area contributed by atoms with Gasteiger partial charge in [-0.1, -0.05) is 22.9 Å². The number of benzene rings is 1. The highest BCUT2D eigenvalue weighted by atomic mass is 35.9. The molecule has 1 aromatic heterocycles. The lowest BCUT2D eigenvalue weighted by Crippen LogP contribution is -2.10. The van der Waals surface area contributed by atoms with Crippen molar-refractivity contribution in [1.82, 2.24) is 9.49 Å². The Morgan fingerprint density at radius 1 is 1.21 bits per heavy atom. The Balaban J connectivity index is 2.82. The minimum Gasteiger partial charge on any atom is -0.295 e. The maximum absolute atomic E-state index is 11.8. The highest BCUT2D eigenvalue weighted by Gasteiger charge is 2.28. The van der Waals surface area contributed by atoms with Crippen molar-refractivity contribution in [3.05, 3.63) is 39.4 Å². The highest BCUT2D eigenvalue weighted by Crippen LogP contribution is 2.58. The van der Waals surface area contributed by atoms with Gasteiger partial charge in [0.05, 0.1) is 0 Å². The molecule has 19 heavy (non-hydrogen) atoms.